The molecule has 0 radical (unpaired) electrons. The molecule has 2 heterocycles. The van der Waals surface area contributed by atoms with E-state index < -0.39 is 0 Å². The molecule has 1 fully saturated rings. The van der Waals surface area contributed by atoms with E-state index in [1.807, 2.05) is 0 Å². The number of nitrogens with zero attached hydrogens (tertiary/aromatic N) is 3. The molecule has 82 valence electrons. The fraction of sp³-hybridized carbons (Fsp3) is 0.600. The summed E-state index contributed by atoms with van der Waals surface area (Å²) in [4.78, 5) is 10.6. The molecule has 0 aromatic carbocycles. The summed E-state index contributed by atoms with van der Waals surface area (Å²) in [5, 5.41) is 3.39. The van der Waals surface area contributed by atoms with Gasteiger partial charge in [-0.05, 0) is 29.8 Å². The Morgan fingerprint density at radius 1 is 1.53 bits per heavy atom. The van der Waals surface area contributed by atoms with E-state index in [4.69, 9.17) is 0 Å². The maximum atomic E-state index is 4.34. The van der Waals surface area contributed by atoms with Gasteiger partial charge < -0.3 is 10.2 Å². The Morgan fingerprint density at radius 3 is 3.00 bits per heavy atom. The smallest absolute Gasteiger partial charge is 0.146 e. The monoisotopic (exact) mass is 270 g/mol. The van der Waals surface area contributed by atoms with Crippen LogP contribution >= 0.6 is 15.9 Å². The highest BCUT2D eigenvalue weighted by atomic mass is 79.9. The van der Waals surface area contributed by atoms with Crippen LogP contribution in [0.25, 0.3) is 0 Å². The number of rotatable bonds is 1. The molecule has 1 aromatic heterocycles. The Labute approximate surface area is 98.2 Å². The highest BCUT2D eigenvalue weighted by molar-refractivity contribution is 9.10. The molecule has 1 aromatic rings. The maximum absolute atomic E-state index is 4.34. The minimum atomic E-state index is 0.0924. The lowest BCUT2D eigenvalue weighted by atomic mass is 10.0. The number of aromatic nitrogens is 2. The average molecular weight is 271 g/mol. The predicted octanol–water partition coefficient (Wildman–Crippen LogP) is 1.43. The summed E-state index contributed by atoms with van der Waals surface area (Å²) in [7, 11) is 0. The fourth-order valence-corrected chi connectivity index (χ4v) is 2.32. The standard InChI is InChI=1S/C10H15BrN4/c1-10(2)6-12-3-4-15(10)9-8(11)5-13-7-14-9/h5,7,12H,3-4,6H2,1-2H3. The maximum Gasteiger partial charge on any atom is 0.146 e. The van der Waals surface area contributed by atoms with E-state index in [0.29, 0.717) is 0 Å². The lowest BCUT2D eigenvalue weighted by Crippen LogP contribution is -2.58. The molecular formula is C10H15BrN4. The molecular weight excluding hydrogens is 256 g/mol. The van der Waals surface area contributed by atoms with Crippen LogP contribution in [0, 0.1) is 0 Å². The molecule has 1 N–H and O–H groups in total. The number of anilines is 1. The molecule has 15 heavy (non-hydrogen) atoms. The van der Waals surface area contributed by atoms with Gasteiger partial charge in [0.15, 0.2) is 0 Å². The van der Waals surface area contributed by atoms with Gasteiger partial charge in [0.2, 0.25) is 0 Å². The van der Waals surface area contributed by atoms with E-state index >= 15 is 0 Å². The second-order valence-corrected chi connectivity index (χ2v) is 5.19. The first-order valence-corrected chi connectivity index (χ1v) is 5.84. The van der Waals surface area contributed by atoms with Gasteiger partial charge in [-0.15, -0.1) is 0 Å². The average Bonchev–Trinajstić information content (AvgIpc) is 2.19. The highest BCUT2D eigenvalue weighted by Crippen LogP contribution is 2.28. The Morgan fingerprint density at radius 2 is 2.33 bits per heavy atom. The SMILES string of the molecule is CC1(C)CNCCN1c1ncncc1Br. The van der Waals surface area contributed by atoms with Crippen LogP contribution in [0.3, 0.4) is 0 Å². The van der Waals surface area contributed by atoms with Crippen molar-refractivity contribution < 1.29 is 0 Å². The largest absolute Gasteiger partial charge is 0.348 e. The number of hydrogen-bond donors (Lipinski definition) is 1. The van der Waals surface area contributed by atoms with Gasteiger partial charge in [-0.3, -0.25) is 0 Å². The van der Waals surface area contributed by atoms with E-state index in [1.54, 1.807) is 12.5 Å². The van der Waals surface area contributed by atoms with Crippen LogP contribution < -0.4 is 10.2 Å². The van der Waals surface area contributed by atoms with Crippen LogP contribution in [0.2, 0.25) is 0 Å². The van der Waals surface area contributed by atoms with Crippen molar-refractivity contribution in [2.45, 2.75) is 19.4 Å². The van der Waals surface area contributed by atoms with Crippen molar-refractivity contribution in [3.05, 3.63) is 17.0 Å². The Hall–Kier alpha value is -0.680. The van der Waals surface area contributed by atoms with Crippen molar-refractivity contribution in [1.82, 2.24) is 15.3 Å². The van der Waals surface area contributed by atoms with Crippen molar-refractivity contribution in [3.8, 4) is 0 Å². The number of hydrogen-bond acceptors (Lipinski definition) is 4. The second-order valence-electron chi connectivity index (χ2n) is 4.34. The molecule has 0 spiro atoms. The molecule has 1 aliphatic rings. The normalized spacial score (nSPS) is 20.3. The lowest BCUT2D eigenvalue weighted by molar-refractivity contribution is 0.377. The van der Waals surface area contributed by atoms with Gasteiger partial charge in [0.1, 0.15) is 12.1 Å². The topological polar surface area (TPSA) is 41.0 Å². The summed E-state index contributed by atoms with van der Waals surface area (Å²) in [6.45, 7) is 7.38. The second kappa shape index (κ2) is 4.06. The van der Waals surface area contributed by atoms with Crippen LogP contribution in [-0.2, 0) is 0 Å². The molecule has 0 bridgehead atoms. The number of piperazine rings is 1. The summed E-state index contributed by atoms with van der Waals surface area (Å²) < 4.78 is 0.958. The lowest BCUT2D eigenvalue weighted by Gasteiger charge is -2.43. The molecule has 4 nitrogen and oxygen atoms in total. The summed E-state index contributed by atoms with van der Waals surface area (Å²) in [6, 6.07) is 0. The van der Waals surface area contributed by atoms with Gasteiger partial charge in [0.25, 0.3) is 0 Å². The van der Waals surface area contributed by atoms with Crippen LogP contribution in [-0.4, -0.2) is 35.1 Å². The van der Waals surface area contributed by atoms with Crippen LogP contribution in [0.1, 0.15) is 13.8 Å². The minimum absolute atomic E-state index is 0.0924. The first kappa shape index (κ1) is 10.8. The summed E-state index contributed by atoms with van der Waals surface area (Å²) in [5.74, 6) is 0.983. The third kappa shape index (κ3) is 2.13. The molecule has 0 aliphatic carbocycles. The molecule has 0 unspecified atom stereocenters. The molecule has 0 amide bonds. The quantitative estimate of drug-likeness (QED) is 0.839. The zero-order valence-corrected chi connectivity index (χ0v) is 10.6. The minimum Gasteiger partial charge on any atom is -0.348 e. The van der Waals surface area contributed by atoms with E-state index in [1.165, 1.54) is 0 Å². The van der Waals surface area contributed by atoms with E-state index in [9.17, 15) is 0 Å². The Kier molecular flexibility index (Phi) is 2.93. The van der Waals surface area contributed by atoms with Crippen LogP contribution in [0.4, 0.5) is 5.82 Å². The molecule has 0 atom stereocenters. The van der Waals surface area contributed by atoms with Gasteiger partial charge in [-0.1, -0.05) is 0 Å². The molecule has 1 saturated heterocycles. The third-order valence-electron chi connectivity index (χ3n) is 2.70. The van der Waals surface area contributed by atoms with Crippen molar-refractivity contribution in [1.29, 1.82) is 0 Å². The third-order valence-corrected chi connectivity index (χ3v) is 3.26. The Bertz CT molecular complexity index is 353. The Balaban J connectivity index is 2.33. The van der Waals surface area contributed by atoms with Gasteiger partial charge in [-0.2, -0.15) is 0 Å². The summed E-state index contributed by atoms with van der Waals surface area (Å²) >= 11 is 3.50. The predicted molar refractivity (Wildman–Crippen MR) is 64.0 cm³/mol. The van der Waals surface area contributed by atoms with Crippen LogP contribution in [0.15, 0.2) is 17.0 Å². The van der Waals surface area contributed by atoms with E-state index in [-0.39, 0.29) is 5.54 Å². The van der Waals surface area contributed by atoms with Gasteiger partial charge >= 0.3 is 0 Å². The van der Waals surface area contributed by atoms with Crippen LogP contribution in [0.5, 0.6) is 0 Å². The van der Waals surface area contributed by atoms with E-state index in [0.717, 1.165) is 29.9 Å². The number of nitrogens with one attached hydrogen (secondary N) is 1. The first-order chi connectivity index (χ1) is 7.11. The van der Waals surface area contributed by atoms with Gasteiger partial charge in [-0.25, -0.2) is 9.97 Å². The highest BCUT2D eigenvalue weighted by Gasteiger charge is 2.31. The van der Waals surface area contributed by atoms with Crippen molar-refractivity contribution in [3.63, 3.8) is 0 Å². The first-order valence-electron chi connectivity index (χ1n) is 5.05. The summed E-state index contributed by atoms with van der Waals surface area (Å²) in [6.07, 6.45) is 3.39. The van der Waals surface area contributed by atoms with E-state index in [2.05, 4.69) is 50.0 Å². The van der Waals surface area contributed by atoms with Crippen molar-refractivity contribution in [2.24, 2.45) is 0 Å². The molecule has 5 heteroatoms. The fourth-order valence-electron chi connectivity index (χ4n) is 1.88. The van der Waals surface area contributed by atoms with Gasteiger partial charge in [0.05, 0.1) is 4.47 Å². The van der Waals surface area contributed by atoms with Crippen molar-refractivity contribution >= 4 is 21.7 Å². The zero-order valence-electron chi connectivity index (χ0n) is 9.00. The van der Waals surface area contributed by atoms with Crippen molar-refractivity contribution in [2.75, 3.05) is 24.5 Å². The summed E-state index contributed by atoms with van der Waals surface area (Å²) in [5.41, 5.74) is 0.0924. The molecule has 2 rings (SSSR count). The zero-order chi connectivity index (χ0) is 10.9. The molecule has 0 saturated carbocycles. The number of halogens is 1. The molecule has 1 aliphatic heterocycles. The van der Waals surface area contributed by atoms with Gasteiger partial charge in [0, 0.05) is 31.4 Å².